The summed E-state index contributed by atoms with van der Waals surface area (Å²) >= 11 is 0. The third-order valence-corrected chi connectivity index (χ3v) is 6.47. The molecule has 190 valence electrons. The molecular weight excluding hydrogens is 476 g/mol. The molecule has 5 rings (SSSR count). The van der Waals surface area contributed by atoms with Crippen LogP contribution in [0.2, 0.25) is 0 Å². The summed E-state index contributed by atoms with van der Waals surface area (Å²) < 4.78 is 21.7. The average molecular weight is 503 g/mol. The van der Waals surface area contributed by atoms with E-state index in [4.69, 9.17) is 18.9 Å². The van der Waals surface area contributed by atoms with E-state index in [9.17, 15) is 14.7 Å². The predicted octanol–water partition coefficient (Wildman–Crippen LogP) is 4.12. The van der Waals surface area contributed by atoms with Crippen molar-refractivity contribution in [3.8, 4) is 23.0 Å². The number of ketones is 1. The molecule has 1 unspecified atom stereocenters. The van der Waals surface area contributed by atoms with Crippen LogP contribution in [-0.4, -0.2) is 51.9 Å². The number of fused-ring (bicyclic) bond motifs is 1. The first-order chi connectivity index (χ1) is 17.8. The van der Waals surface area contributed by atoms with Crippen LogP contribution in [0.4, 0.5) is 11.4 Å². The number of carbonyl (C=O) groups excluding carboxylic acids is 2. The van der Waals surface area contributed by atoms with Gasteiger partial charge < -0.3 is 29.0 Å². The lowest BCUT2D eigenvalue weighted by Gasteiger charge is -2.26. The van der Waals surface area contributed by atoms with Crippen LogP contribution in [0.25, 0.3) is 5.76 Å². The number of anilines is 2. The van der Waals surface area contributed by atoms with E-state index < -0.39 is 17.7 Å². The number of methoxy groups -OCH3 is 2. The van der Waals surface area contributed by atoms with Crippen LogP contribution in [0.1, 0.15) is 17.2 Å². The van der Waals surface area contributed by atoms with Crippen molar-refractivity contribution in [3.63, 3.8) is 0 Å². The quantitative estimate of drug-likeness (QED) is 0.305. The maximum absolute atomic E-state index is 13.5. The van der Waals surface area contributed by atoms with Gasteiger partial charge in [-0.25, -0.2) is 0 Å². The minimum Gasteiger partial charge on any atom is -0.507 e. The minimum absolute atomic E-state index is 0.0631. The molecule has 3 aromatic carbocycles. The Bertz CT molecular complexity index is 1410. The molecule has 1 saturated heterocycles. The molecule has 9 nitrogen and oxygen atoms in total. The zero-order chi connectivity index (χ0) is 26.3. The summed E-state index contributed by atoms with van der Waals surface area (Å²) in [4.78, 5) is 30.3. The minimum atomic E-state index is -0.910. The van der Waals surface area contributed by atoms with Crippen molar-refractivity contribution in [1.82, 2.24) is 0 Å². The van der Waals surface area contributed by atoms with Gasteiger partial charge in [-0.15, -0.1) is 0 Å². The van der Waals surface area contributed by atoms with Gasteiger partial charge in [0.15, 0.2) is 11.5 Å². The first kappa shape index (κ1) is 24.1. The molecule has 1 fully saturated rings. The number of nitrogens with zero attached hydrogens (tertiary/aromatic N) is 2. The van der Waals surface area contributed by atoms with Crippen LogP contribution in [0, 0.1) is 0 Å². The first-order valence-electron chi connectivity index (χ1n) is 11.5. The van der Waals surface area contributed by atoms with E-state index in [1.165, 1.54) is 19.1 Å². The van der Waals surface area contributed by atoms with E-state index in [1.807, 2.05) is 43.3 Å². The van der Waals surface area contributed by atoms with Gasteiger partial charge in [0.1, 0.15) is 17.3 Å². The highest BCUT2D eigenvalue weighted by Crippen LogP contribution is 2.46. The standard InChI is InChI=1S/C28H26N2O7/c1-29(2)17-7-5-16(6-8-17)25-24(26(31)20-14-19(34-3)10-12-21(20)35-4)27(32)28(33)30(25)18-9-11-22-23(13-18)37-15-36-22/h5-14,25,31H,15H2,1-4H3/b26-24+. The molecule has 37 heavy (non-hydrogen) atoms. The zero-order valence-electron chi connectivity index (χ0n) is 20.8. The second kappa shape index (κ2) is 9.42. The Morgan fingerprint density at radius 3 is 2.35 bits per heavy atom. The molecule has 0 aliphatic carbocycles. The van der Waals surface area contributed by atoms with Crippen LogP contribution in [0.15, 0.2) is 66.2 Å². The van der Waals surface area contributed by atoms with Crippen LogP contribution in [0.5, 0.6) is 23.0 Å². The molecule has 0 saturated carbocycles. The predicted molar refractivity (Wildman–Crippen MR) is 138 cm³/mol. The number of rotatable bonds is 6. The summed E-state index contributed by atoms with van der Waals surface area (Å²) in [6.45, 7) is 0.0721. The Balaban J connectivity index is 1.72. The number of carbonyl (C=O) groups is 2. The molecule has 0 aromatic heterocycles. The Morgan fingerprint density at radius 1 is 0.946 bits per heavy atom. The number of hydrogen-bond acceptors (Lipinski definition) is 8. The van der Waals surface area contributed by atoms with E-state index in [-0.39, 0.29) is 23.7 Å². The Labute approximate surface area is 214 Å². The molecule has 3 aromatic rings. The molecule has 0 radical (unpaired) electrons. The number of benzene rings is 3. The Hall–Kier alpha value is -4.66. The molecule has 9 heteroatoms. The van der Waals surface area contributed by atoms with Gasteiger partial charge in [-0.1, -0.05) is 12.1 Å². The molecule has 2 aliphatic heterocycles. The number of aliphatic hydroxyl groups excluding tert-OH is 1. The van der Waals surface area contributed by atoms with E-state index in [2.05, 4.69) is 0 Å². The van der Waals surface area contributed by atoms with Crippen molar-refractivity contribution in [1.29, 1.82) is 0 Å². The summed E-state index contributed by atoms with van der Waals surface area (Å²) in [7, 11) is 6.79. The van der Waals surface area contributed by atoms with Gasteiger partial charge in [0.05, 0.1) is 31.4 Å². The van der Waals surface area contributed by atoms with Gasteiger partial charge >= 0.3 is 0 Å². The van der Waals surface area contributed by atoms with Gasteiger partial charge in [-0.2, -0.15) is 0 Å². The van der Waals surface area contributed by atoms with Crippen molar-refractivity contribution in [2.75, 3.05) is 44.9 Å². The summed E-state index contributed by atoms with van der Waals surface area (Å²) in [5, 5.41) is 11.5. The van der Waals surface area contributed by atoms with Crippen LogP contribution >= 0.6 is 0 Å². The van der Waals surface area contributed by atoms with Gasteiger partial charge in [0, 0.05) is 31.5 Å². The van der Waals surface area contributed by atoms with Crippen molar-refractivity contribution in [2.45, 2.75) is 6.04 Å². The van der Waals surface area contributed by atoms with Crippen molar-refractivity contribution < 1.29 is 33.6 Å². The molecule has 2 heterocycles. The smallest absolute Gasteiger partial charge is 0.300 e. The van der Waals surface area contributed by atoms with Gasteiger partial charge in [-0.05, 0) is 48.0 Å². The zero-order valence-corrected chi connectivity index (χ0v) is 20.8. The molecule has 1 atom stereocenters. The van der Waals surface area contributed by atoms with Crippen molar-refractivity contribution in [2.24, 2.45) is 0 Å². The van der Waals surface area contributed by atoms with E-state index >= 15 is 0 Å². The number of Topliss-reactive ketones (excluding diaryl/α,β-unsaturated/α-hetero) is 1. The monoisotopic (exact) mass is 502 g/mol. The topological polar surface area (TPSA) is 97.8 Å². The Morgan fingerprint density at radius 2 is 1.68 bits per heavy atom. The van der Waals surface area contributed by atoms with Crippen LogP contribution in [-0.2, 0) is 9.59 Å². The lowest BCUT2D eigenvalue weighted by molar-refractivity contribution is -0.132. The number of ether oxygens (including phenoxy) is 4. The fourth-order valence-electron chi connectivity index (χ4n) is 4.55. The lowest BCUT2D eigenvalue weighted by Crippen LogP contribution is -2.29. The molecule has 2 aliphatic rings. The fourth-order valence-corrected chi connectivity index (χ4v) is 4.55. The van der Waals surface area contributed by atoms with E-state index in [0.717, 1.165) is 5.69 Å². The number of amides is 1. The summed E-state index contributed by atoms with van der Waals surface area (Å²) in [6.07, 6.45) is 0. The maximum atomic E-state index is 13.5. The Kier molecular flexibility index (Phi) is 6.12. The van der Waals surface area contributed by atoms with Crippen LogP contribution in [0.3, 0.4) is 0 Å². The molecular formula is C28H26N2O7. The van der Waals surface area contributed by atoms with E-state index in [1.54, 1.807) is 36.4 Å². The molecule has 1 N–H and O–H groups in total. The second-order valence-electron chi connectivity index (χ2n) is 8.76. The largest absolute Gasteiger partial charge is 0.507 e. The molecule has 0 spiro atoms. The SMILES string of the molecule is COc1ccc(OC)c(/C(O)=C2\C(=O)C(=O)N(c3ccc4c(c3)OCO4)C2c2ccc(N(C)C)cc2)c1. The summed E-state index contributed by atoms with van der Waals surface area (Å²) in [5.74, 6) is -0.151. The van der Waals surface area contributed by atoms with Crippen LogP contribution < -0.4 is 28.7 Å². The van der Waals surface area contributed by atoms with Gasteiger partial charge in [0.2, 0.25) is 6.79 Å². The normalized spacial score (nSPS) is 17.7. The summed E-state index contributed by atoms with van der Waals surface area (Å²) in [5.41, 5.74) is 2.20. The molecule has 0 bridgehead atoms. The van der Waals surface area contributed by atoms with E-state index in [0.29, 0.717) is 34.2 Å². The highest BCUT2D eigenvalue weighted by Gasteiger charge is 2.47. The van der Waals surface area contributed by atoms with Crippen molar-refractivity contribution in [3.05, 3.63) is 77.4 Å². The molecule has 1 amide bonds. The third-order valence-electron chi connectivity index (χ3n) is 6.47. The average Bonchev–Trinajstić information content (AvgIpc) is 3.49. The number of hydrogen-bond donors (Lipinski definition) is 1. The fraction of sp³-hybridized carbons (Fsp3) is 0.214. The lowest BCUT2D eigenvalue weighted by atomic mass is 9.94. The second-order valence-corrected chi connectivity index (χ2v) is 8.76. The van der Waals surface area contributed by atoms with Gasteiger partial charge in [-0.3, -0.25) is 14.5 Å². The van der Waals surface area contributed by atoms with Crippen molar-refractivity contribution >= 4 is 28.8 Å². The summed E-state index contributed by atoms with van der Waals surface area (Å²) in [6, 6.07) is 16.4. The number of aliphatic hydroxyl groups is 1. The highest BCUT2D eigenvalue weighted by molar-refractivity contribution is 6.51. The van der Waals surface area contributed by atoms with Gasteiger partial charge in [0.25, 0.3) is 11.7 Å². The maximum Gasteiger partial charge on any atom is 0.300 e. The highest BCUT2D eigenvalue weighted by atomic mass is 16.7. The first-order valence-corrected chi connectivity index (χ1v) is 11.5. The third kappa shape index (κ3) is 4.08.